The van der Waals surface area contributed by atoms with Gasteiger partial charge in [0.1, 0.15) is 23.7 Å². The molecule has 2 heterocycles. The van der Waals surface area contributed by atoms with E-state index in [1.54, 1.807) is 36.1 Å². The average molecular weight is 780 g/mol. The molecule has 2 aliphatic heterocycles. The predicted octanol–water partition coefficient (Wildman–Crippen LogP) is 4.27. The fraction of sp³-hybridized carbons (Fsp3) is 0.575. The monoisotopic (exact) mass is 779 g/mol. The van der Waals surface area contributed by atoms with E-state index in [2.05, 4.69) is 22.3 Å². The van der Waals surface area contributed by atoms with E-state index in [1.807, 2.05) is 45.9 Å². The summed E-state index contributed by atoms with van der Waals surface area (Å²) in [5, 5.41) is 5.50. The molecule has 4 aliphatic rings. The summed E-state index contributed by atoms with van der Waals surface area (Å²) in [6, 6.07) is 10.5. The quantitative estimate of drug-likeness (QED) is 0.249. The number of ether oxygens (including phenoxy) is 2. The second-order valence-corrected chi connectivity index (χ2v) is 18.2. The molecule has 2 aromatic carbocycles. The topological polar surface area (TPSA) is 181 Å². The van der Waals surface area contributed by atoms with E-state index in [0.29, 0.717) is 43.6 Å². The van der Waals surface area contributed by atoms with Gasteiger partial charge in [-0.1, -0.05) is 65.3 Å². The van der Waals surface area contributed by atoms with E-state index in [4.69, 9.17) is 9.47 Å². The Kier molecular flexibility index (Phi) is 11.3. The highest BCUT2D eigenvalue weighted by molar-refractivity contribution is 7.91. The summed E-state index contributed by atoms with van der Waals surface area (Å²) in [4.78, 5) is 71.8. The molecule has 5 atom stereocenters. The number of nitrogens with one attached hydrogen (secondary N) is 3. The van der Waals surface area contributed by atoms with E-state index in [0.717, 1.165) is 23.1 Å². The van der Waals surface area contributed by atoms with E-state index in [1.165, 1.54) is 4.90 Å². The van der Waals surface area contributed by atoms with Gasteiger partial charge in [0, 0.05) is 25.2 Å². The molecule has 0 aromatic heterocycles. The number of carbonyl (C=O) groups is 5. The summed E-state index contributed by atoms with van der Waals surface area (Å²) in [5.41, 5.74) is 1.91. The number of anilines is 1. The average Bonchev–Trinajstić information content (AvgIpc) is 4.03. The van der Waals surface area contributed by atoms with E-state index >= 15 is 0 Å². The first kappa shape index (κ1) is 40.0. The summed E-state index contributed by atoms with van der Waals surface area (Å²) in [7, 11) is -3.88. The molecule has 0 bridgehead atoms. The van der Waals surface area contributed by atoms with Crippen molar-refractivity contribution in [2.24, 2.45) is 11.3 Å². The van der Waals surface area contributed by atoms with Crippen molar-refractivity contribution in [3.8, 4) is 0 Å². The second kappa shape index (κ2) is 15.5. The minimum Gasteiger partial charge on any atom is -0.462 e. The zero-order valence-corrected chi connectivity index (χ0v) is 33.3. The molecule has 2 aromatic rings. The molecule has 0 radical (unpaired) electrons. The summed E-state index contributed by atoms with van der Waals surface area (Å²) < 4.78 is 38.9. The lowest BCUT2D eigenvalue weighted by Gasteiger charge is -2.36. The van der Waals surface area contributed by atoms with Gasteiger partial charge >= 0.3 is 12.1 Å². The standard InChI is InChI=1S/C40H53N5O9S/c1-7-24-12-10-14-26-21-44(23-31(24)26)38(50)54-29-19-32(34(46)42-40(20-27(40)8-2)37(49)43-55(51,52)30-16-17-30)45(22-29)35(47)33(39(4,5)6)41-28-15-11-13-25(18-28)36(48)53-9-3/h10-15,18,27,29-30,32-33,41H,7-9,16-17,19-23H2,1-6H3,(H,42,46)(H,43,49). The normalized spacial score (nSPS) is 23.7. The van der Waals surface area contributed by atoms with Crippen LogP contribution in [-0.2, 0) is 53.4 Å². The van der Waals surface area contributed by atoms with Crippen molar-refractivity contribution in [3.05, 3.63) is 64.7 Å². The van der Waals surface area contributed by atoms with Crippen LogP contribution in [0.5, 0.6) is 0 Å². The molecule has 5 unspecified atom stereocenters. The number of hydrogen-bond donors (Lipinski definition) is 3. The lowest BCUT2D eigenvalue weighted by atomic mass is 9.85. The summed E-state index contributed by atoms with van der Waals surface area (Å²) in [5.74, 6) is -2.68. The van der Waals surface area contributed by atoms with Crippen molar-refractivity contribution in [2.45, 2.75) is 122 Å². The third-order valence-corrected chi connectivity index (χ3v) is 13.0. The highest BCUT2D eigenvalue weighted by atomic mass is 32.2. The lowest BCUT2D eigenvalue weighted by molar-refractivity contribution is -0.141. The number of aryl methyl sites for hydroxylation is 1. The molecule has 1 saturated heterocycles. The van der Waals surface area contributed by atoms with Crippen LogP contribution >= 0.6 is 0 Å². The zero-order valence-electron chi connectivity index (χ0n) is 32.5. The van der Waals surface area contributed by atoms with Crippen LogP contribution < -0.4 is 15.4 Å². The molecule has 55 heavy (non-hydrogen) atoms. The molecule has 0 spiro atoms. The van der Waals surface area contributed by atoms with Crippen LogP contribution in [0.1, 0.15) is 101 Å². The highest BCUT2D eigenvalue weighted by Gasteiger charge is 2.62. The Balaban J connectivity index is 1.25. The Morgan fingerprint density at radius 1 is 1.00 bits per heavy atom. The van der Waals surface area contributed by atoms with Crippen molar-refractivity contribution in [1.82, 2.24) is 19.8 Å². The van der Waals surface area contributed by atoms with Crippen LogP contribution in [0.2, 0.25) is 0 Å². The maximum absolute atomic E-state index is 14.7. The molecule has 6 rings (SSSR count). The van der Waals surface area contributed by atoms with Crippen LogP contribution in [0.15, 0.2) is 42.5 Å². The van der Waals surface area contributed by atoms with Crippen molar-refractivity contribution < 1.29 is 41.9 Å². The van der Waals surface area contributed by atoms with Gasteiger partial charge in [-0.15, -0.1) is 0 Å². The number of rotatable bonds is 13. The van der Waals surface area contributed by atoms with Gasteiger partial charge in [0.05, 0.1) is 24.0 Å². The highest BCUT2D eigenvalue weighted by Crippen LogP contribution is 2.47. The van der Waals surface area contributed by atoms with Crippen LogP contribution in [0.3, 0.4) is 0 Å². The number of esters is 1. The largest absolute Gasteiger partial charge is 0.462 e. The summed E-state index contributed by atoms with van der Waals surface area (Å²) in [6.07, 6.45) is 1.08. The Hall–Kier alpha value is -4.66. The van der Waals surface area contributed by atoms with Gasteiger partial charge in [-0.2, -0.15) is 0 Å². The van der Waals surface area contributed by atoms with Crippen LogP contribution in [-0.4, -0.2) is 90.1 Å². The SMILES string of the molecule is CCOC(=O)c1cccc(NC(C(=O)N2CC(OC(=O)N3Cc4cccc(CC)c4C3)CC2C(=O)NC2(C(=O)NS(=O)(=O)C3CC3)CC2CC)C(C)(C)C)c1. The van der Waals surface area contributed by atoms with Gasteiger partial charge in [0.15, 0.2) is 0 Å². The first-order valence-corrected chi connectivity index (χ1v) is 20.8. The first-order chi connectivity index (χ1) is 26.0. The number of hydrogen-bond acceptors (Lipinski definition) is 10. The molecule has 2 saturated carbocycles. The van der Waals surface area contributed by atoms with Gasteiger partial charge in [0.25, 0.3) is 5.91 Å². The molecule has 2 aliphatic carbocycles. The second-order valence-electron chi connectivity index (χ2n) is 16.2. The number of fused-ring (bicyclic) bond motifs is 1. The number of likely N-dealkylation sites (tertiary alicyclic amines) is 1. The third kappa shape index (κ3) is 8.46. The fourth-order valence-electron chi connectivity index (χ4n) is 7.77. The van der Waals surface area contributed by atoms with Crippen LogP contribution in [0.25, 0.3) is 0 Å². The Morgan fingerprint density at radius 3 is 2.36 bits per heavy atom. The molecular weight excluding hydrogens is 727 g/mol. The van der Waals surface area contributed by atoms with Crippen molar-refractivity contribution in [3.63, 3.8) is 0 Å². The molecule has 15 heteroatoms. The smallest absolute Gasteiger partial charge is 0.410 e. The van der Waals surface area contributed by atoms with Gasteiger partial charge < -0.3 is 25.0 Å². The third-order valence-electron chi connectivity index (χ3n) is 11.2. The Labute approximate surface area is 323 Å². The van der Waals surface area contributed by atoms with Crippen molar-refractivity contribution >= 4 is 45.5 Å². The Bertz CT molecular complexity index is 1960. The maximum atomic E-state index is 14.7. The van der Waals surface area contributed by atoms with Crippen LogP contribution in [0.4, 0.5) is 10.5 Å². The number of carbonyl (C=O) groups excluding carboxylic acids is 5. The van der Waals surface area contributed by atoms with Gasteiger partial charge in [0.2, 0.25) is 21.8 Å². The minimum atomic E-state index is -3.88. The van der Waals surface area contributed by atoms with Crippen LogP contribution in [0, 0.1) is 11.3 Å². The Morgan fingerprint density at radius 2 is 1.73 bits per heavy atom. The maximum Gasteiger partial charge on any atom is 0.410 e. The molecule has 4 amide bonds. The molecular formula is C40H53N5O9S. The summed E-state index contributed by atoms with van der Waals surface area (Å²) in [6.45, 7) is 12.1. The van der Waals surface area contributed by atoms with Gasteiger partial charge in [-0.25, -0.2) is 18.0 Å². The minimum absolute atomic E-state index is 0.0334. The lowest BCUT2D eigenvalue weighted by Crippen LogP contribution is -2.58. The predicted molar refractivity (Wildman–Crippen MR) is 204 cm³/mol. The van der Waals surface area contributed by atoms with Gasteiger partial charge in [-0.3, -0.25) is 24.0 Å². The van der Waals surface area contributed by atoms with E-state index in [-0.39, 0.29) is 31.9 Å². The van der Waals surface area contributed by atoms with Crippen molar-refractivity contribution in [1.29, 1.82) is 0 Å². The summed E-state index contributed by atoms with van der Waals surface area (Å²) >= 11 is 0. The fourth-order valence-corrected chi connectivity index (χ4v) is 9.13. The number of nitrogens with zero attached hydrogens (tertiary/aromatic N) is 2. The number of sulfonamides is 1. The molecule has 3 fully saturated rings. The number of benzene rings is 2. The zero-order chi connectivity index (χ0) is 39.9. The van der Waals surface area contributed by atoms with E-state index < -0.39 is 74.2 Å². The van der Waals surface area contributed by atoms with Crippen molar-refractivity contribution in [2.75, 3.05) is 18.5 Å². The molecule has 14 nitrogen and oxygen atoms in total. The molecule has 3 N–H and O–H groups in total. The number of amides is 4. The first-order valence-electron chi connectivity index (χ1n) is 19.3. The molecule has 298 valence electrons. The van der Waals surface area contributed by atoms with E-state index in [9.17, 15) is 32.4 Å². The van der Waals surface area contributed by atoms with Gasteiger partial charge in [-0.05, 0) is 78.8 Å².